The molecule has 0 bridgehead atoms. The van der Waals surface area contributed by atoms with E-state index < -0.39 is 0 Å². The van der Waals surface area contributed by atoms with Crippen LogP contribution < -0.4 is 16.5 Å². The third-order valence-corrected chi connectivity index (χ3v) is 2.82. The molecular formula is C14H15BN4O2. The molecule has 0 spiro atoms. The molecule has 0 saturated carbocycles. The van der Waals surface area contributed by atoms with Crippen LogP contribution in [0, 0.1) is 0 Å². The van der Waals surface area contributed by atoms with Crippen molar-refractivity contribution in [3.63, 3.8) is 0 Å². The lowest BCUT2D eigenvalue weighted by atomic mass is 9.94. The number of anilines is 2. The van der Waals surface area contributed by atoms with E-state index in [2.05, 4.69) is 15.3 Å². The highest BCUT2D eigenvalue weighted by Crippen LogP contribution is 2.14. The van der Waals surface area contributed by atoms with E-state index >= 15 is 0 Å². The van der Waals surface area contributed by atoms with Crippen LogP contribution in [0.3, 0.4) is 0 Å². The molecule has 0 aliphatic rings. The van der Waals surface area contributed by atoms with Crippen LogP contribution in [0.2, 0.25) is 0 Å². The maximum absolute atomic E-state index is 12.3. The van der Waals surface area contributed by atoms with Gasteiger partial charge in [-0.05, 0) is 12.1 Å². The first kappa shape index (κ1) is 15.0. The quantitative estimate of drug-likeness (QED) is 0.445. The summed E-state index contributed by atoms with van der Waals surface area (Å²) in [7, 11) is 7.25. The van der Waals surface area contributed by atoms with Gasteiger partial charge in [-0.1, -0.05) is 11.5 Å². The van der Waals surface area contributed by atoms with Gasteiger partial charge >= 0.3 is 0 Å². The lowest BCUT2D eigenvalue weighted by Gasteiger charge is -2.07. The molecule has 0 aliphatic heterocycles. The predicted octanol–water partition coefficient (Wildman–Crippen LogP) is 0.142. The number of carbonyl (C=O) groups is 1. The molecule has 0 aromatic carbocycles. The number of hydrogen-bond donors (Lipinski definition) is 2. The molecule has 3 N–H and O–H groups in total. The molecular weight excluding hydrogens is 267 g/mol. The standard InChI is InChI=1S/C14H15BN4O2/c1-21-5-4-17-12-3-2-9(7-18-12)13(20)11-6-10(15)8-19-14(11)16/h2-3,6-8H,4-5H2,1H3,(H2,16,19)(H,17,18). The van der Waals surface area contributed by atoms with Crippen LogP contribution in [0.4, 0.5) is 11.6 Å². The number of nitrogen functional groups attached to an aromatic ring is 1. The zero-order valence-electron chi connectivity index (χ0n) is 11.7. The molecule has 0 atom stereocenters. The Kier molecular flexibility index (Phi) is 4.89. The molecule has 0 amide bonds. The molecule has 2 radical (unpaired) electrons. The number of nitrogens with two attached hydrogens (primary N) is 1. The second-order valence-corrected chi connectivity index (χ2v) is 4.38. The van der Waals surface area contributed by atoms with E-state index in [0.29, 0.717) is 30.0 Å². The topological polar surface area (TPSA) is 90.1 Å². The molecule has 0 saturated heterocycles. The van der Waals surface area contributed by atoms with Crippen molar-refractivity contribution in [2.75, 3.05) is 31.3 Å². The van der Waals surface area contributed by atoms with Crippen molar-refractivity contribution >= 4 is 30.7 Å². The summed E-state index contributed by atoms with van der Waals surface area (Å²) in [5, 5.41) is 3.07. The minimum atomic E-state index is -0.261. The molecule has 7 heteroatoms. The zero-order valence-corrected chi connectivity index (χ0v) is 11.7. The number of rotatable bonds is 6. The Labute approximate surface area is 124 Å². The van der Waals surface area contributed by atoms with Crippen molar-refractivity contribution in [2.45, 2.75) is 0 Å². The fraction of sp³-hybridized carbons (Fsp3) is 0.214. The molecule has 0 fully saturated rings. The van der Waals surface area contributed by atoms with Gasteiger partial charge in [-0.25, -0.2) is 9.97 Å². The van der Waals surface area contributed by atoms with Crippen LogP contribution >= 0.6 is 0 Å². The molecule has 2 heterocycles. The zero-order chi connectivity index (χ0) is 15.2. The summed E-state index contributed by atoms with van der Waals surface area (Å²) < 4.78 is 4.93. The van der Waals surface area contributed by atoms with Gasteiger partial charge in [-0.3, -0.25) is 4.79 Å². The largest absolute Gasteiger partial charge is 0.383 e. The summed E-state index contributed by atoms with van der Waals surface area (Å²) >= 11 is 0. The average molecular weight is 282 g/mol. The van der Waals surface area contributed by atoms with Crippen LogP contribution in [-0.2, 0) is 4.74 Å². The third kappa shape index (κ3) is 3.79. The van der Waals surface area contributed by atoms with Crippen molar-refractivity contribution in [2.24, 2.45) is 0 Å². The van der Waals surface area contributed by atoms with E-state index in [9.17, 15) is 4.79 Å². The van der Waals surface area contributed by atoms with Gasteiger partial charge in [0.25, 0.3) is 0 Å². The molecule has 106 valence electrons. The highest BCUT2D eigenvalue weighted by atomic mass is 16.5. The van der Waals surface area contributed by atoms with Crippen LogP contribution in [0.5, 0.6) is 0 Å². The number of ether oxygens (including phenoxy) is 1. The third-order valence-electron chi connectivity index (χ3n) is 2.82. The predicted molar refractivity (Wildman–Crippen MR) is 82.1 cm³/mol. The fourth-order valence-electron chi connectivity index (χ4n) is 1.74. The summed E-state index contributed by atoms with van der Waals surface area (Å²) in [4.78, 5) is 20.4. The van der Waals surface area contributed by atoms with E-state index in [1.807, 2.05) is 0 Å². The van der Waals surface area contributed by atoms with Crippen molar-refractivity contribution in [1.29, 1.82) is 0 Å². The van der Waals surface area contributed by atoms with Gasteiger partial charge in [0, 0.05) is 31.6 Å². The highest BCUT2D eigenvalue weighted by molar-refractivity contribution is 6.33. The van der Waals surface area contributed by atoms with Crippen LogP contribution in [0.1, 0.15) is 15.9 Å². The van der Waals surface area contributed by atoms with Gasteiger partial charge in [0.2, 0.25) is 0 Å². The summed E-state index contributed by atoms with van der Waals surface area (Å²) in [6, 6.07) is 4.90. The van der Waals surface area contributed by atoms with Crippen LogP contribution in [0.15, 0.2) is 30.6 Å². The van der Waals surface area contributed by atoms with Crippen LogP contribution in [0.25, 0.3) is 0 Å². The van der Waals surface area contributed by atoms with Crippen molar-refractivity contribution in [1.82, 2.24) is 9.97 Å². The summed E-state index contributed by atoms with van der Waals surface area (Å²) in [5.74, 6) is 0.557. The molecule has 6 nitrogen and oxygen atoms in total. The fourth-order valence-corrected chi connectivity index (χ4v) is 1.74. The minimum absolute atomic E-state index is 0.150. The van der Waals surface area contributed by atoms with Gasteiger partial charge < -0.3 is 15.8 Å². The van der Waals surface area contributed by atoms with Gasteiger partial charge in [0.15, 0.2) is 5.78 Å². The second-order valence-electron chi connectivity index (χ2n) is 4.38. The first-order valence-electron chi connectivity index (χ1n) is 6.36. The lowest BCUT2D eigenvalue weighted by molar-refractivity contribution is 0.103. The molecule has 0 unspecified atom stereocenters. The number of hydrogen-bond acceptors (Lipinski definition) is 6. The highest BCUT2D eigenvalue weighted by Gasteiger charge is 2.13. The van der Waals surface area contributed by atoms with Gasteiger partial charge in [0.1, 0.15) is 19.5 Å². The number of aromatic nitrogens is 2. The number of pyridine rings is 2. The molecule has 2 aromatic heterocycles. The summed E-state index contributed by atoms with van der Waals surface area (Å²) in [6.45, 7) is 1.22. The second kappa shape index (κ2) is 6.85. The number of ketones is 1. The van der Waals surface area contributed by atoms with Gasteiger partial charge in [0.05, 0.1) is 12.2 Å². The van der Waals surface area contributed by atoms with E-state index in [1.165, 1.54) is 18.5 Å². The molecule has 2 rings (SSSR count). The number of nitrogens with one attached hydrogen (secondary N) is 1. The average Bonchev–Trinajstić information content (AvgIpc) is 2.50. The van der Waals surface area contributed by atoms with Crippen molar-refractivity contribution < 1.29 is 9.53 Å². The van der Waals surface area contributed by atoms with E-state index in [-0.39, 0.29) is 17.2 Å². The molecule has 2 aromatic rings. The lowest BCUT2D eigenvalue weighted by Crippen LogP contribution is -2.14. The van der Waals surface area contributed by atoms with Gasteiger partial charge in [-0.2, -0.15) is 0 Å². The SMILES string of the molecule is [B]c1cnc(N)c(C(=O)c2ccc(NCCOC)nc2)c1. The minimum Gasteiger partial charge on any atom is -0.383 e. The Balaban J connectivity index is 2.14. The Hall–Kier alpha value is -2.41. The van der Waals surface area contributed by atoms with Crippen LogP contribution in [-0.4, -0.2) is 43.9 Å². The van der Waals surface area contributed by atoms with Gasteiger partial charge in [-0.15, -0.1) is 0 Å². The first-order valence-corrected chi connectivity index (χ1v) is 6.36. The van der Waals surface area contributed by atoms with E-state index in [1.54, 1.807) is 19.2 Å². The Bertz CT molecular complexity index is 631. The van der Waals surface area contributed by atoms with Crippen molar-refractivity contribution in [3.05, 3.63) is 41.7 Å². The Morgan fingerprint density at radius 1 is 1.38 bits per heavy atom. The molecule has 21 heavy (non-hydrogen) atoms. The number of carbonyl (C=O) groups excluding carboxylic acids is 1. The summed E-state index contributed by atoms with van der Waals surface area (Å²) in [5.41, 5.74) is 6.79. The summed E-state index contributed by atoms with van der Waals surface area (Å²) in [6.07, 6.45) is 2.90. The normalized spacial score (nSPS) is 10.3. The number of methoxy groups -OCH3 is 1. The first-order chi connectivity index (χ1) is 10.1. The smallest absolute Gasteiger partial charge is 0.198 e. The maximum atomic E-state index is 12.3. The monoisotopic (exact) mass is 282 g/mol. The van der Waals surface area contributed by atoms with E-state index in [4.69, 9.17) is 18.3 Å². The number of nitrogens with zero attached hydrogens (tertiary/aromatic N) is 2. The molecule has 0 aliphatic carbocycles. The van der Waals surface area contributed by atoms with Crippen molar-refractivity contribution in [3.8, 4) is 0 Å². The maximum Gasteiger partial charge on any atom is 0.198 e. The Morgan fingerprint density at radius 2 is 2.19 bits per heavy atom. The Morgan fingerprint density at radius 3 is 2.86 bits per heavy atom. The van der Waals surface area contributed by atoms with E-state index in [0.717, 1.165) is 0 Å².